The molecule has 0 saturated carbocycles. The van der Waals surface area contributed by atoms with Crippen molar-refractivity contribution in [1.29, 1.82) is 0 Å². The Morgan fingerprint density at radius 2 is 2.07 bits per heavy atom. The predicted octanol–water partition coefficient (Wildman–Crippen LogP) is 0.972. The Bertz CT molecular complexity index is 374. The average molecular weight is 229 g/mol. The number of benzene rings is 1. The number of hydrogen-bond acceptors (Lipinski definition) is 2. The van der Waals surface area contributed by atoms with Crippen molar-refractivity contribution in [1.82, 2.24) is 0 Å². The van der Waals surface area contributed by atoms with Crippen LogP contribution in [-0.2, 0) is 4.79 Å². The predicted molar refractivity (Wildman–Crippen MR) is 63.5 cm³/mol. The van der Waals surface area contributed by atoms with E-state index >= 15 is 0 Å². The molecule has 0 spiro atoms. The number of carbonyl (C=O) groups excluding carboxylic acids is 1. The van der Waals surface area contributed by atoms with Crippen LogP contribution in [0, 0.1) is 0 Å². The summed E-state index contributed by atoms with van der Waals surface area (Å²) in [6.07, 6.45) is 0. The summed E-state index contributed by atoms with van der Waals surface area (Å²) < 4.78 is 0. The standard InChI is InChI=1S/C9H12N4O.ClH/c1-6(14)12-7-3-2-4-8(5-7)13-9(10)11;/h2-5H,1H3,(H,12,14)(H4,10,11,13);1H. The summed E-state index contributed by atoms with van der Waals surface area (Å²) in [7, 11) is 0. The van der Waals surface area contributed by atoms with Crippen molar-refractivity contribution in [3.05, 3.63) is 24.3 Å². The summed E-state index contributed by atoms with van der Waals surface area (Å²) in [5.41, 5.74) is 11.7. The zero-order chi connectivity index (χ0) is 10.6. The lowest BCUT2D eigenvalue weighted by molar-refractivity contribution is -0.114. The van der Waals surface area contributed by atoms with Gasteiger partial charge in [-0.15, -0.1) is 12.4 Å². The van der Waals surface area contributed by atoms with Gasteiger partial charge in [0.25, 0.3) is 0 Å². The SMILES string of the molecule is CC(=O)Nc1cccc(N=C(N)N)c1.Cl. The zero-order valence-corrected chi connectivity index (χ0v) is 9.04. The van der Waals surface area contributed by atoms with Crippen molar-refractivity contribution >= 4 is 35.6 Å². The van der Waals surface area contributed by atoms with Gasteiger partial charge in [-0.3, -0.25) is 4.79 Å². The van der Waals surface area contributed by atoms with Crippen LogP contribution in [0.15, 0.2) is 29.3 Å². The van der Waals surface area contributed by atoms with Crippen LogP contribution in [-0.4, -0.2) is 11.9 Å². The highest BCUT2D eigenvalue weighted by Crippen LogP contribution is 2.17. The largest absolute Gasteiger partial charge is 0.370 e. The van der Waals surface area contributed by atoms with Crippen LogP contribution in [0.5, 0.6) is 0 Å². The van der Waals surface area contributed by atoms with E-state index in [1.807, 2.05) is 0 Å². The summed E-state index contributed by atoms with van der Waals surface area (Å²) in [4.78, 5) is 14.6. The Labute approximate surface area is 94.0 Å². The molecule has 0 aromatic heterocycles. The van der Waals surface area contributed by atoms with Crippen molar-refractivity contribution in [2.75, 3.05) is 5.32 Å². The molecule has 0 heterocycles. The van der Waals surface area contributed by atoms with Gasteiger partial charge in [0, 0.05) is 12.6 Å². The maximum Gasteiger partial charge on any atom is 0.221 e. The molecule has 0 atom stereocenters. The minimum Gasteiger partial charge on any atom is -0.370 e. The molecule has 5 nitrogen and oxygen atoms in total. The fourth-order valence-electron chi connectivity index (χ4n) is 1.01. The monoisotopic (exact) mass is 228 g/mol. The Morgan fingerprint density at radius 3 is 2.60 bits per heavy atom. The lowest BCUT2D eigenvalue weighted by Gasteiger charge is -2.02. The van der Waals surface area contributed by atoms with E-state index in [9.17, 15) is 4.79 Å². The highest BCUT2D eigenvalue weighted by atomic mass is 35.5. The maximum atomic E-state index is 10.8. The smallest absolute Gasteiger partial charge is 0.221 e. The Kier molecular flexibility index (Phi) is 5.19. The molecule has 0 aliphatic carbocycles. The number of carbonyl (C=O) groups is 1. The van der Waals surface area contributed by atoms with Gasteiger partial charge in [-0.1, -0.05) is 6.07 Å². The molecule has 0 unspecified atom stereocenters. The molecule has 5 N–H and O–H groups in total. The van der Waals surface area contributed by atoms with E-state index in [1.165, 1.54) is 6.92 Å². The van der Waals surface area contributed by atoms with Crippen LogP contribution in [0.3, 0.4) is 0 Å². The van der Waals surface area contributed by atoms with Gasteiger partial charge < -0.3 is 16.8 Å². The van der Waals surface area contributed by atoms with Crippen LogP contribution in [0.4, 0.5) is 11.4 Å². The number of aliphatic imine (C=N–C) groups is 1. The third-order valence-electron chi connectivity index (χ3n) is 1.42. The summed E-state index contributed by atoms with van der Waals surface area (Å²) >= 11 is 0. The highest BCUT2D eigenvalue weighted by Gasteiger charge is 1.96. The Balaban J connectivity index is 0.00000196. The highest BCUT2D eigenvalue weighted by molar-refractivity contribution is 5.89. The van der Waals surface area contributed by atoms with Crippen molar-refractivity contribution in [3.63, 3.8) is 0 Å². The average Bonchev–Trinajstić information content (AvgIpc) is 2.01. The van der Waals surface area contributed by atoms with Crippen LogP contribution >= 0.6 is 12.4 Å². The van der Waals surface area contributed by atoms with Crippen LogP contribution in [0.25, 0.3) is 0 Å². The van der Waals surface area contributed by atoms with Crippen LogP contribution in [0.2, 0.25) is 0 Å². The third-order valence-corrected chi connectivity index (χ3v) is 1.42. The summed E-state index contributed by atoms with van der Waals surface area (Å²) in [5.74, 6) is -0.142. The first-order chi connectivity index (χ1) is 6.58. The van der Waals surface area contributed by atoms with Gasteiger partial charge in [0.05, 0.1) is 5.69 Å². The number of halogens is 1. The molecular weight excluding hydrogens is 216 g/mol. The first-order valence-electron chi connectivity index (χ1n) is 4.05. The van der Waals surface area contributed by atoms with E-state index in [2.05, 4.69) is 10.3 Å². The van der Waals surface area contributed by atoms with Gasteiger partial charge in [0.2, 0.25) is 5.91 Å². The number of amides is 1. The van der Waals surface area contributed by atoms with E-state index in [-0.39, 0.29) is 24.3 Å². The van der Waals surface area contributed by atoms with E-state index in [0.717, 1.165) is 0 Å². The van der Waals surface area contributed by atoms with E-state index in [4.69, 9.17) is 11.5 Å². The van der Waals surface area contributed by atoms with Gasteiger partial charge >= 0.3 is 0 Å². The van der Waals surface area contributed by atoms with E-state index in [0.29, 0.717) is 11.4 Å². The number of nitrogens with one attached hydrogen (secondary N) is 1. The Morgan fingerprint density at radius 1 is 1.40 bits per heavy atom. The first-order valence-corrected chi connectivity index (χ1v) is 4.05. The van der Waals surface area contributed by atoms with Crippen LogP contribution in [0.1, 0.15) is 6.92 Å². The molecule has 0 fully saturated rings. The lowest BCUT2D eigenvalue weighted by Crippen LogP contribution is -2.21. The zero-order valence-electron chi connectivity index (χ0n) is 8.23. The van der Waals surface area contributed by atoms with Crippen molar-refractivity contribution in [2.45, 2.75) is 6.92 Å². The summed E-state index contributed by atoms with van der Waals surface area (Å²) in [6, 6.07) is 6.94. The molecule has 1 aromatic rings. The summed E-state index contributed by atoms with van der Waals surface area (Å²) in [5, 5.41) is 2.63. The third kappa shape index (κ3) is 4.87. The molecule has 82 valence electrons. The normalized spacial score (nSPS) is 8.60. The Hall–Kier alpha value is -1.75. The molecule has 0 saturated heterocycles. The number of hydrogen-bond donors (Lipinski definition) is 3. The molecule has 1 aromatic carbocycles. The molecule has 0 radical (unpaired) electrons. The quantitative estimate of drug-likeness (QED) is 0.520. The van der Waals surface area contributed by atoms with Crippen molar-refractivity contribution in [2.24, 2.45) is 16.5 Å². The fourth-order valence-corrected chi connectivity index (χ4v) is 1.01. The summed E-state index contributed by atoms with van der Waals surface area (Å²) in [6.45, 7) is 1.44. The topological polar surface area (TPSA) is 93.5 Å². The van der Waals surface area contributed by atoms with Gasteiger partial charge in [-0.25, -0.2) is 4.99 Å². The van der Waals surface area contributed by atoms with Crippen molar-refractivity contribution in [3.8, 4) is 0 Å². The van der Waals surface area contributed by atoms with Gasteiger partial charge in [0.1, 0.15) is 0 Å². The lowest BCUT2D eigenvalue weighted by atomic mass is 10.3. The minimum atomic E-state index is -0.133. The number of guanidine groups is 1. The minimum absolute atomic E-state index is 0. The molecule has 6 heteroatoms. The number of nitrogens with zero attached hydrogens (tertiary/aromatic N) is 1. The molecule has 0 bridgehead atoms. The second kappa shape index (κ2) is 5.87. The maximum absolute atomic E-state index is 10.8. The number of nitrogens with two attached hydrogens (primary N) is 2. The van der Waals surface area contributed by atoms with Crippen molar-refractivity contribution < 1.29 is 4.79 Å². The van der Waals surface area contributed by atoms with Gasteiger partial charge in [-0.05, 0) is 18.2 Å². The molecule has 0 aliphatic heterocycles. The van der Waals surface area contributed by atoms with E-state index < -0.39 is 0 Å². The van der Waals surface area contributed by atoms with E-state index in [1.54, 1.807) is 24.3 Å². The molecule has 1 rings (SSSR count). The van der Waals surface area contributed by atoms with Crippen LogP contribution < -0.4 is 16.8 Å². The first kappa shape index (κ1) is 13.2. The molecule has 1 amide bonds. The number of anilines is 1. The van der Waals surface area contributed by atoms with Gasteiger partial charge in [0.15, 0.2) is 5.96 Å². The second-order valence-corrected chi connectivity index (χ2v) is 2.77. The molecule has 0 aliphatic rings. The molecule has 15 heavy (non-hydrogen) atoms. The fraction of sp³-hybridized carbons (Fsp3) is 0.111. The second-order valence-electron chi connectivity index (χ2n) is 2.77. The molecular formula is C9H13ClN4O. The number of rotatable bonds is 2. The van der Waals surface area contributed by atoms with Gasteiger partial charge in [-0.2, -0.15) is 0 Å².